The van der Waals surface area contributed by atoms with Crippen molar-refractivity contribution in [2.75, 3.05) is 25.4 Å². The van der Waals surface area contributed by atoms with E-state index in [9.17, 15) is 9.59 Å². The first kappa shape index (κ1) is 12.9. The summed E-state index contributed by atoms with van der Waals surface area (Å²) in [6.45, 7) is 1.29. The van der Waals surface area contributed by atoms with Crippen molar-refractivity contribution < 1.29 is 9.59 Å². The molecule has 2 aromatic rings. The van der Waals surface area contributed by atoms with Crippen LogP contribution < -0.4 is 11.1 Å². The molecule has 0 unspecified atom stereocenters. The Morgan fingerprint density at radius 1 is 1.35 bits per heavy atom. The highest BCUT2D eigenvalue weighted by atomic mass is 32.1. The SMILES string of the molecule is Nc1c(C(=O)N2CCCNC(=O)C2)sc2ccccc12. The third-order valence-corrected chi connectivity index (χ3v) is 4.55. The summed E-state index contributed by atoms with van der Waals surface area (Å²) in [6.07, 6.45) is 0.766. The lowest BCUT2D eigenvalue weighted by molar-refractivity contribution is -0.121. The zero-order valence-electron chi connectivity index (χ0n) is 10.9. The van der Waals surface area contributed by atoms with Crippen molar-refractivity contribution >= 4 is 38.9 Å². The smallest absolute Gasteiger partial charge is 0.266 e. The Bertz CT molecular complexity index is 680. The number of thiophene rings is 1. The van der Waals surface area contributed by atoms with Crippen molar-refractivity contribution in [3.05, 3.63) is 29.1 Å². The third kappa shape index (κ3) is 2.22. The molecule has 1 saturated heterocycles. The van der Waals surface area contributed by atoms with E-state index in [-0.39, 0.29) is 18.4 Å². The minimum atomic E-state index is -0.152. The summed E-state index contributed by atoms with van der Waals surface area (Å²) >= 11 is 1.39. The monoisotopic (exact) mass is 289 g/mol. The number of hydrogen-bond donors (Lipinski definition) is 2. The van der Waals surface area contributed by atoms with Gasteiger partial charge in [0, 0.05) is 23.2 Å². The Kier molecular flexibility index (Phi) is 3.31. The average molecular weight is 289 g/mol. The van der Waals surface area contributed by atoms with Gasteiger partial charge in [0.15, 0.2) is 0 Å². The Hall–Kier alpha value is -2.08. The van der Waals surface area contributed by atoms with E-state index in [0.717, 1.165) is 16.5 Å². The first-order valence-corrected chi connectivity index (χ1v) is 7.31. The van der Waals surface area contributed by atoms with Crippen LogP contribution in [0.15, 0.2) is 24.3 Å². The van der Waals surface area contributed by atoms with Crippen LogP contribution in [0.4, 0.5) is 5.69 Å². The van der Waals surface area contributed by atoms with Crippen LogP contribution in [0.2, 0.25) is 0 Å². The number of carbonyl (C=O) groups excluding carboxylic acids is 2. The zero-order chi connectivity index (χ0) is 14.1. The lowest BCUT2D eigenvalue weighted by Crippen LogP contribution is -2.37. The normalized spacial score (nSPS) is 16.0. The van der Waals surface area contributed by atoms with Crippen LogP contribution in [0.5, 0.6) is 0 Å². The van der Waals surface area contributed by atoms with Crippen LogP contribution in [0.25, 0.3) is 10.1 Å². The molecule has 1 aliphatic heterocycles. The lowest BCUT2D eigenvalue weighted by Gasteiger charge is -2.18. The van der Waals surface area contributed by atoms with E-state index < -0.39 is 0 Å². The summed E-state index contributed by atoms with van der Waals surface area (Å²) in [7, 11) is 0. The van der Waals surface area contributed by atoms with Gasteiger partial charge in [0.25, 0.3) is 5.91 Å². The molecule has 2 amide bonds. The average Bonchev–Trinajstić information content (AvgIpc) is 2.64. The summed E-state index contributed by atoms with van der Waals surface area (Å²) in [4.78, 5) is 26.2. The highest BCUT2D eigenvalue weighted by molar-refractivity contribution is 7.21. The molecule has 1 aliphatic rings. The second-order valence-corrected chi connectivity index (χ2v) is 5.82. The number of hydrogen-bond acceptors (Lipinski definition) is 4. The number of benzene rings is 1. The second-order valence-electron chi connectivity index (χ2n) is 4.77. The summed E-state index contributed by atoms with van der Waals surface area (Å²) in [5.74, 6) is -0.267. The zero-order valence-corrected chi connectivity index (χ0v) is 11.7. The number of carbonyl (C=O) groups is 2. The molecule has 1 aromatic carbocycles. The van der Waals surface area contributed by atoms with E-state index in [1.807, 2.05) is 24.3 Å². The molecule has 0 saturated carbocycles. The van der Waals surface area contributed by atoms with Crippen LogP contribution in [-0.4, -0.2) is 36.3 Å². The molecular weight excluding hydrogens is 274 g/mol. The van der Waals surface area contributed by atoms with Crippen molar-refractivity contribution in [2.24, 2.45) is 0 Å². The van der Waals surface area contributed by atoms with Crippen LogP contribution in [0.3, 0.4) is 0 Å². The predicted molar refractivity (Wildman–Crippen MR) is 79.8 cm³/mol. The predicted octanol–water partition coefficient (Wildman–Crippen LogP) is 1.45. The molecule has 5 nitrogen and oxygen atoms in total. The Labute approximate surface area is 120 Å². The van der Waals surface area contributed by atoms with Crippen molar-refractivity contribution in [1.82, 2.24) is 10.2 Å². The van der Waals surface area contributed by atoms with Crippen molar-refractivity contribution in [2.45, 2.75) is 6.42 Å². The number of nitrogens with zero attached hydrogens (tertiary/aromatic N) is 1. The van der Waals surface area contributed by atoms with Gasteiger partial charge in [-0.15, -0.1) is 11.3 Å². The molecule has 0 bridgehead atoms. The maximum Gasteiger partial charge on any atom is 0.266 e. The van der Waals surface area contributed by atoms with Gasteiger partial charge in [-0.1, -0.05) is 18.2 Å². The molecule has 2 heterocycles. The first-order valence-electron chi connectivity index (χ1n) is 6.50. The molecule has 0 atom stereocenters. The Morgan fingerprint density at radius 2 is 2.15 bits per heavy atom. The summed E-state index contributed by atoms with van der Waals surface area (Å²) in [6, 6.07) is 7.68. The van der Waals surface area contributed by atoms with Crippen molar-refractivity contribution in [3.63, 3.8) is 0 Å². The molecular formula is C14H15N3O2S. The molecule has 6 heteroatoms. The van der Waals surface area contributed by atoms with E-state index in [2.05, 4.69) is 5.32 Å². The Morgan fingerprint density at radius 3 is 2.95 bits per heavy atom. The molecule has 0 spiro atoms. The molecule has 0 radical (unpaired) electrons. The molecule has 1 fully saturated rings. The van der Waals surface area contributed by atoms with Crippen LogP contribution in [-0.2, 0) is 4.79 Å². The summed E-state index contributed by atoms with van der Waals surface area (Å²) < 4.78 is 0.993. The Balaban J connectivity index is 1.95. The fraction of sp³-hybridized carbons (Fsp3) is 0.286. The highest BCUT2D eigenvalue weighted by Crippen LogP contribution is 2.34. The van der Waals surface area contributed by atoms with Gasteiger partial charge in [0.2, 0.25) is 5.91 Å². The molecule has 3 N–H and O–H groups in total. The molecule has 104 valence electrons. The highest BCUT2D eigenvalue weighted by Gasteiger charge is 2.24. The third-order valence-electron chi connectivity index (χ3n) is 3.38. The van der Waals surface area contributed by atoms with Crippen molar-refractivity contribution in [3.8, 4) is 0 Å². The number of amides is 2. The quantitative estimate of drug-likeness (QED) is 0.834. The van der Waals surface area contributed by atoms with Gasteiger partial charge < -0.3 is 16.0 Å². The van der Waals surface area contributed by atoms with Gasteiger partial charge >= 0.3 is 0 Å². The van der Waals surface area contributed by atoms with Crippen LogP contribution >= 0.6 is 11.3 Å². The van der Waals surface area contributed by atoms with Crippen LogP contribution in [0, 0.1) is 0 Å². The fourth-order valence-corrected chi connectivity index (χ4v) is 3.44. The van der Waals surface area contributed by atoms with E-state index >= 15 is 0 Å². The van der Waals surface area contributed by atoms with Gasteiger partial charge in [-0.3, -0.25) is 9.59 Å². The standard InChI is InChI=1S/C14H15N3O2S/c15-12-9-4-1-2-5-10(9)20-13(12)14(19)17-7-3-6-16-11(18)8-17/h1-2,4-5H,3,6-8,15H2,(H,16,18). The van der Waals surface area contributed by atoms with Gasteiger partial charge in [-0.25, -0.2) is 0 Å². The molecule has 3 rings (SSSR count). The number of nitrogens with two attached hydrogens (primary N) is 1. The van der Waals surface area contributed by atoms with E-state index in [1.54, 1.807) is 4.90 Å². The van der Waals surface area contributed by atoms with E-state index in [1.165, 1.54) is 11.3 Å². The maximum atomic E-state index is 12.6. The number of rotatable bonds is 1. The number of anilines is 1. The number of nitrogens with one attached hydrogen (secondary N) is 1. The minimum Gasteiger partial charge on any atom is -0.397 e. The van der Waals surface area contributed by atoms with Gasteiger partial charge in [0.05, 0.1) is 12.2 Å². The fourth-order valence-electron chi connectivity index (χ4n) is 2.35. The topological polar surface area (TPSA) is 75.4 Å². The van der Waals surface area contributed by atoms with Crippen molar-refractivity contribution in [1.29, 1.82) is 0 Å². The number of fused-ring (bicyclic) bond motifs is 1. The number of nitrogen functional groups attached to an aromatic ring is 1. The minimum absolute atomic E-state index is 0.104. The van der Waals surface area contributed by atoms with Gasteiger partial charge in [0.1, 0.15) is 4.88 Å². The summed E-state index contributed by atoms with van der Waals surface area (Å²) in [5.41, 5.74) is 6.60. The van der Waals surface area contributed by atoms with E-state index in [0.29, 0.717) is 23.7 Å². The largest absolute Gasteiger partial charge is 0.397 e. The molecule has 1 aromatic heterocycles. The summed E-state index contributed by atoms with van der Waals surface area (Å²) in [5, 5.41) is 3.66. The van der Waals surface area contributed by atoms with Crippen LogP contribution in [0.1, 0.15) is 16.1 Å². The first-order chi connectivity index (χ1) is 9.66. The lowest BCUT2D eigenvalue weighted by atomic mass is 10.2. The van der Waals surface area contributed by atoms with Gasteiger partial charge in [-0.2, -0.15) is 0 Å². The van der Waals surface area contributed by atoms with E-state index in [4.69, 9.17) is 5.73 Å². The second kappa shape index (κ2) is 5.13. The maximum absolute atomic E-state index is 12.6. The van der Waals surface area contributed by atoms with Gasteiger partial charge in [-0.05, 0) is 12.5 Å². The molecule has 0 aliphatic carbocycles. The molecule has 20 heavy (non-hydrogen) atoms.